The fourth-order valence-corrected chi connectivity index (χ4v) is 1.56. The van der Waals surface area contributed by atoms with Crippen molar-refractivity contribution in [3.63, 3.8) is 0 Å². The first kappa shape index (κ1) is 15.7. The number of ether oxygens (including phenoxy) is 1. The van der Waals surface area contributed by atoms with Crippen molar-refractivity contribution < 1.29 is 20.1 Å². The van der Waals surface area contributed by atoms with Gasteiger partial charge in [-0.1, -0.05) is 18.7 Å². The molecule has 0 fully saturated rings. The van der Waals surface area contributed by atoms with Crippen LogP contribution in [0.25, 0.3) is 0 Å². The van der Waals surface area contributed by atoms with Crippen molar-refractivity contribution in [3.8, 4) is 5.75 Å². The molecule has 3 unspecified atom stereocenters. The molecule has 0 amide bonds. The third kappa shape index (κ3) is 4.65. The molecule has 1 aromatic carbocycles. The van der Waals surface area contributed by atoms with E-state index in [0.717, 1.165) is 12.0 Å². The smallest absolute Gasteiger partial charge is 0.226 e. The third-order valence-electron chi connectivity index (χ3n) is 2.73. The normalized spacial score (nSPS) is 15.6. The van der Waals surface area contributed by atoms with Gasteiger partial charge in [-0.25, -0.2) is 0 Å². The number of aliphatic hydroxyl groups excluding tert-OH is 3. The Morgan fingerprint density at radius 3 is 2.32 bits per heavy atom. The summed E-state index contributed by atoms with van der Waals surface area (Å²) in [5.74, 6) is 0.404. The van der Waals surface area contributed by atoms with Crippen LogP contribution in [0.4, 0.5) is 0 Å². The van der Waals surface area contributed by atoms with Gasteiger partial charge in [0.25, 0.3) is 0 Å². The molecular weight excluding hydrogens is 246 g/mol. The molecule has 0 saturated carbocycles. The van der Waals surface area contributed by atoms with E-state index in [1.165, 1.54) is 0 Å². The van der Waals surface area contributed by atoms with Crippen molar-refractivity contribution in [1.82, 2.24) is 0 Å². The lowest BCUT2D eigenvalue weighted by atomic mass is 10.1. The van der Waals surface area contributed by atoms with Crippen LogP contribution in [0.2, 0.25) is 0 Å². The highest BCUT2D eigenvalue weighted by Crippen LogP contribution is 2.16. The monoisotopic (exact) mass is 267 g/mol. The maximum atomic E-state index is 9.67. The largest absolute Gasteiger partial charge is 0.462 e. The second kappa shape index (κ2) is 7.25. The molecule has 0 radical (unpaired) electrons. The van der Waals surface area contributed by atoms with Crippen LogP contribution in [0.3, 0.4) is 0 Å². The van der Waals surface area contributed by atoms with Crippen molar-refractivity contribution in [1.29, 1.82) is 0 Å². The van der Waals surface area contributed by atoms with Crippen molar-refractivity contribution >= 4 is 0 Å². The number of aliphatic hydroxyl groups is 3. The van der Waals surface area contributed by atoms with Crippen molar-refractivity contribution in [2.75, 3.05) is 6.54 Å². The zero-order chi connectivity index (χ0) is 14.4. The second-order valence-electron chi connectivity index (χ2n) is 4.47. The molecule has 0 saturated heterocycles. The maximum absolute atomic E-state index is 9.67. The minimum atomic E-state index is -1.52. The summed E-state index contributed by atoms with van der Waals surface area (Å²) in [7, 11) is 0. The Labute approximate surface area is 112 Å². The van der Waals surface area contributed by atoms with E-state index < -0.39 is 18.5 Å². The molecule has 5 N–H and O–H groups in total. The first-order valence-electron chi connectivity index (χ1n) is 6.11. The second-order valence-corrected chi connectivity index (χ2v) is 4.47. The van der Waals surface area contributed by atoms with E-state index in [-0.39, 0.29) is 0 Å². The minimum absolute atomic E-state index is 0.355. The van der Waals surface area contributed by atoms with Crippen LogP contribution >= 0.6 is 0 Å². The van der Waals surface area contributed by atoms with E-state index in [2.05, 4.69) is 6.58 Å². The zero-order valence-corrected chi connectivity index (χ0v) is 11.0. The Hall–Kier alpha value is -1.40. The standard InChI is InChI=1S/C14H21NO4/c1-9(2)12(16)13(17)14(18)19-11-5-3-10(4-6-11)7-8-15/h3-6,12-14,16-18H,1,7-8,15H2,2H3. The zero-order valence-electron chi connectivity index (χ0n) is 11.0. The molecule has 0 aliphatic carbocycles. The Morgan fingerprint density at radius 1 is 1.26 bits per heavy atom. The third-order valence-corrected chi connectivity index (χ3v) is 2.73. The topological polar surface area (TPSA) is 95.9 Å². The first-order valence-corrected chi connectivity index (χ1v) is 6.11. The predicted molar refractivity (Wildman–Crippen MR) is 72.7 cm³/mol. The number of rotatable bonds is 7. The van der Waals surface area contributed by atoms with E-state index in [0.29, 0.717) is 17.9 Å². The molecule has 0 heterocycles. The maximum Gasteiger partial charge on any atom is 0.226 e. The van der Waals surface area contributed by atoms with Gasteiger partial charge in [0.1, 0.15) is 18.0 Å². The van der Waals surface area contributed by atoms with E-state index in [1.807, 2.05) is 12.1 Å². The van der Waals surface area contributed by atoms with Gasteiger partial charge >= 0.3 is 0 Å². The molecule has 5 heteroatoms. The molecule has 0 aliphatic rings. The summed E-state index contributed by atoms with van der Waals surface area (Å²) in [6, 6.07) is 7.01. The van der Waals surface area contributed by atoms with E-state index in [4.69, 9.17) is 10.5 Å². The fraction of sp³-hybridized carbons (Fsp3) is 0.429. The lowest BCUT2D eigenvalue weighted by Crippen LogP contribution is -2.41. The van der Waals surface area contributed by atoms with E-state index in [9.17, 15) is 15.3 Å². The Bertz CT molecular complexity index is 404. The summed E-state index contributed by atoms with van der Waals surface area (Å²) in [6.45, 7) is 5.63. The van der Waals surface area contributed by atoms with Crippen LogP contribution in [0, 0.1) is 0 Å². The van der Waals surface area contributed by atoms with Crippen LogP contribution in [0.1, 0.15) is 12.5 Å². The Morgan fingerprint density at radius 2 is 1.84 bits per heavy atom. The molecule has 0 aliphatic heterocycles. The molecule has 1 rings (SSSR count). The molecule has 0 spiro atoms. The Balaban J connectivity index is 2.60. The predicted octanol–water partition coefficient (Wildman–Crippen LogP) is 0.183. The lowest BCUT2D eigenvalue weighted by Gasteiger charge is -2.23. The summed E-state index contributed by atoms with van der Waals surface area (Å²) in [5.41, 5.74) is 6.86. The van der Waals surface area contributed by atoms with Gasteiger partial charge in [-0.2, -0.15) is 0 Å². The highest BCUT2D eigenvalue weighted by molar-refractivity contribution is 5.27. The number of hydrogen-bond acceptors (Lipinski definition) is 5. The first-order chi connectivity index (χ1) is 8.95. The average molecular weight is 267 g/mol. The van der Waals surface area contributed by atoms with Gasteiger partial charge in [0.15, 0.2) is 0 Å². The average Bonchev–Trinajstić information content (AvgIpc) is 2.39. The summed E-state index contributed by atoms with van der Waals surface area (Å²) in [6.07, 6.45) is -3.43. The van der Waals surface area contributed by atoms with Gasteiger partial charge in [0, 0.05) is 0 Å². The van der Waals surface area contributed by atoms with E-state index in [1.54, 1.807) is 19.1 Å². The summed E-state index contributed by atoms with van der Waals surface area (Å²) >= 11 is 0. The number of nitrogens with two attached hydrogens (primary N) is 1. The molecule has 106 valence electrons. The summed E-state index contributed by atoms with van der Waals surface area (Å²) in [4.78, 5) is 0. The molecule has 0 aromatic heterocycles. The van der Waals surface area contributed by atoms with Crippen LogP contribution < -0.4 is 10.5 Å². The Kier molecular flexibility index (Phi) is 5.98. The molecule has 19 heavy (non-hydrogen) atoms. The molecule has 0 bridgehead atoms. The number of benzene rings is 1. The van der Waals surface area contributed by atoms with Crippen molar-refractivity contribution in [3.05, 3.63) is 42.0 Å². The molecule has 5 nitrogen and oxygen atoms in total. The fourth-order valence-electron chi connectivity index (χ4n) is 1.56. The SMILES string of the molecule is C=C(C)C(O)C(O)C(O)Oc1ccc(CCN)cc1. The molecule has 3 atom stereocenters. The number of hydrogen-bond donors (Lipinski definition) is 4. The van der Waals surface area contributed by atoms with Crippen LogP contribution in [-0.2, 0) is 6.42 Å². The van der Waals surface area contributed by atoms with Gasteiger partial charge in [0.2, 0.25) is 6.29 Å². The quantitative estimate of drug-likeness (QED) is 0.417. The lowest BCUT2D eigenvalue weighted by molar-refractivity contribution is -0.135. The summed E-state index contributed by atoms with van der Waals surface area (Å²) in [5, 5.41) is 28.9. The molecular formula is C14H21NO4. The van der Waals surface area contributed by atoms with Crippen LogP contribution in [0.5, 0.6) is 5.75 Å². The highest BCUT2D eigenvalue weighted by Gasteiger charge is 2.26. The van der Waals surface area contributed by atoms with Crippen molar-refractivity contribution in [2.45, 2.75) is 31.8 Å². The van der Waals surface area contributed by atoms with Gasteiger partial charge in [-0.05, 0) is 43.2 Å². The van der Waals surface area contributed by atoms with Gasteiger partial charge in [-0.3, -0.25) is 0 Å². The summed E-state index contributed by atoms with van der Waals surface area (Å²) < 4.78 is 5.15. The van der Waals surface area contributed by atoms with Crippen LogP contribution in [-0.4, -0.2) is 40.4 Å². The van der Waals surface area contributed by atoms with Gasteiger partial charge < -0.3 is 25.8 Å². The van der Waals surface area contributed by atoms with Crippen LogP contribution in [0.15, 0.2) is 36.4 Å². The van der Waals surface area contributed by atoms with Gasteiger partial charge in [-0.15, -0.1) is 0 Å². The molecule has 1 aromatic rings. The van der Waals surface area contributed by atoms with Crippen molar-refractivity contribution in [2.24, 2.45) is 5.73 Å². The van der Waals surface area contributed by atoms with E-state index >= 15 is 0 Å². The highest BCUT2D eigenvalue weighted by atomic mass is 16.6. The minimum Gasteiger partial charge on any atom is -0.462 e. The van der Waals surface area contributed by atoms with Gasteiger partial charge in [0.05, 0.1) is 0 Å².